The number of carbonyl (C=O) groups excluding carboxylic acids is 1. The summed E-state index contributed by atoms with van der Waals surface area (Å²) < 4.78 is 0. The van der Waals surface area contributed by atoms with Gasteiger partial charge in [-0.1, -0.05) is 74.0 Å². The number of anilines is 3. The summed E-state index contributed by atoms with van der Waals surface area (Å²) in [5.41, 5.74) is 5.89. The van der Waals surface area contributed by atoms with Crippen LogP contribution in [0.15, 0.2) is 120 Å². The minimum absolute atomic E-state index is 0.133. The van der Waals surface area contributed by atoms with Crippen molar-refractivity contribution >= 4 is 40.5 Å². The number of nitrogens with zero attached hydrogens (tertiary/aromatic N) is 2. The van der Waals surface area contributed by atoms with E-state index in [4.69, 9.17) is 4.99 Å². The first-order valence-corrected chi connectivity index (χ1v) is 14.8. The van der Waals surface area contributed by atoms with Crippen LogP contribution in [-0.2, 0) is 0 Å². The van der Waals surface area contributed by atoms with Gasteiger partial charge >= 0.3 is 11.9 Å². The quantitative estimate of drug-likeness (QED) is 0.163. The van der Waals surface area contributed by atoms with E-state index in [9.17, 15) is 24.6 Å². The molecule has 222 valence electrons. The molecule has 2 N–H and O–H groups in total. The number of fused-ring (bicyclic) bond motifs is 2. The van der Waals surface area contributed by atoms with E-state index in [0.717, 1.165) is 41.0 Å². The van der Waals surface area contributed by atoms with Crippen molar-refractivity contribution in [2.75, 3.05) is 11.4 Å². The van der Waals surface area contributed by atoms with Crippen LogP contribution in [0.5, 0.6) is 0 Å². The molecule has 0 amide bonds. The summed E-state index contributed by atoms with van der Waals surface area (Å²) in [7, 11) is 0. The Bertz CT molecular complexity index is 1910. The van der Waals surface area contributed by atoms with Crippen molar-refractivity contribution in [1.82, 2.24) is 0 Å². The predicted molar refractivity (Wildman–Crippen MR) is 176 cm³/mol. The molecular formula is C38H30N2O5. The fraction of sp³-hybridized carbons (Fsp3) is 0.105. The molecule has 0 bridgehead atoms. The van der Waals surface area contributed by atoms with Gasteiger partial charge in [0.15, 0.2) is 5.78 Å². The molecule has 0 heterocycles. The minimum atomic E-state index is -1.41. The number of hydrogen-bond acceptors (Lipinski definition) is 5. The molecule has 6 rings (SSSR count). The van der Waals surface area contributed by atoms with Crippen molar-refractivity contribution < 1.29 is 24.6 Å². The van der Waals surface area contributed by atoms with Gasteiger partial charge in [-0.05, 0) is 72.1 Å². The van der Waals surface area contributed by atoms with Crippen LogP contribution in [0.25, 0.3) is 11.1 Å². The minimum Gasteiger partial charge on any atom is -0.478 e. The summed E-state index contributed by atoms with van der Waals surface area (Å²) in [6, 6.07) is 36.3. The lowest BCUT2D eigenvalue weighted by Gasteiger charge is -2.25. The van der Waals surface area contributed by atoms with E-state index < -0.39 is 17.5 Å². The van der Waals surface area contributed by atoms with Gasteiger partial charge in [-0.2, -0.15) is 0 Å². The van der Waals surface area contributed by atoms with E-state index in [1.165, 1.54) is 12.1 Å². The fourth-order valence-electron chi connectivity index (χ4n) is 5.67. The van der Waals surface area contributed by atoms with Crippen LogP contribution in [0.3, 0.4) is 0 Å². The summed E-state index contributed by atoms with van der Waals surface area (Å²) >= 11 is 0. The van der Waals surface area contributed by atoms with Crippen LogP contribution in [0.4, 0.5) is 17.1 Å². The zero-order valence-corrected chi connectivity index (χ0v) is 24.6. The van der Waals surface area contributed by atoms with Crippen LogP contribution in [0.2, 0.25) is 0 Å². The van der Waals surface area contributed by atoms with Crippen LogP contribution in [0.1, 0.15) is 67.5 Å². The van der Waals surface area contributed by atoms with Crippen molar-refractivity contribution in [3.63, 3.8) is 0 Å². The second-order valence-electron chi connectivity index (χ2n) is 10.8. The van der Waals surface area contributed by atoms with E-state index in [2.05, 4.69) is 29.2 Å². The first kappa shape index (κ1) is 29.3. The normalized spacial score (nSPS) is 12.8. The number of carbonyl (C=O) groups is 3. The van der Waals surface area contributed by atoms with Crippen molar-refractivity contribution in [3.8, 4) is 11.1 Å². The maximum absolute atomic E-state index is 13.9. The van der Waals surface area contributed by atoms with Gasteiger partial charge in [0.05, 0.1) is 16.8 Å². The van der Waals surface area contributed by atoms with Gasteiger partial charge in [0, 0.05) is 45.9 Å². The Labute approximate surface area is 260 Å². The predicted octanol–water partition coefficient (Wildman–Crippen LogP) is 8.40. The smallest absolute Gasteiger partial charge is 0.336 e. The van der Waals surface area contributed by atoms with E-state index in [1.54, 1.807) is 0 Å². The lowest BCUT2D eigenvalue weighted by molar-refractivity contribution is 0.0651. The number of rotatable bonds is 9. The highest BCUT2D eigenvalue weighted by atomic mass is 16.4. The molecule has 5 aromatic carbocycles. The average Bonchev–Trinajstić information content (AvgIpc) is 3.07. The Morgan fingerprint density at radius 2 is 1.13 bits per heavy atom. The summed E-state index contributed by atoms with van der Waals surface area (Å²) in [5, 5.41) is 19.5. The van der Waals surface area contributed by atoms with Crippen LogP contribution < -0.4 is 4.90 Å². The first-order valence-electron chi connectivity index (χ1n) is 14.8. The molecule has 0 saturated heterocycles. The molecule has 1 aliphatic carbocycles. The zero-order valence-electron chi connectivity index (χ0n) is 24.6. The highest BCUT2D eigenvalue weighted by molar-refractivity contribution is 6.31. The van der Waals surface area contributed by atoms with Gasteiger partial charge in [-0.25, -0.2) is 9.59 Å². The van der Waals surface area contributed by atoms with E-state index in [-0.39, 0.29) is 16.9 Å². The number of unbranched alkanes of at least 4 members (excludes halogenated alkanes) is 1. The number of benzene rings is 5. The Hall–Kier alpha value is -5.82. The molecule has 0 spiro atoms. The van der Waals surface area contributed by atoms with Crippen LogP contribution in [0, 0.1) is 0 Å². The molecule has 7 heteroatoms. The number of aromatic carboxylic acids is 2. The molecule has 0 radical (unpaired) electrons. The molecule has 1 aliphatic rings. The number of carboxylic acid groups (broad SMARTS) is 2. The third kappa shape index (κ3) is 5.63. The second-order valence-corrected chi connectivity index (χ2v) is 10.8. The molecule has 0 aliphatic heterocycles. The van der Waals surface area contributed by atoms with Gasteiger partial charge < -0.3 is 15.1 Å². The zero-order chi connectivity index (χ0) is 31.5. The molecule has 0 atom stereocenters. The van der Waals surface area contributed by atoms with Gasteiger partial charge in [0.2, 0.25) is 0 Å². The second kappa shape index (κ2) is 12.4. The van der Waals surface area contributed by atoms with Crippen molar-refractivity contribution in [2.24, 2.45) is 4.99 Å². The molecule has 7 nitrogen and oxygen atoms in total. The van der Waals surface area contributed by atoms with E-state index in [0.29, 0.717) is 28.9 Å². The van der Waals surface area contributed by atoms with E-state index >= 15 is 0 Å². The van der Waals surface area contributed by atoms with Gasteiger partial charge in [-0.15, -0.1) is 0 Å². The third-order valence-electron chi connectivity index (χ3n) is 7.91. The summed E-state index contributed by atoms with van der Waals surface area (Å²) in [6.07, 6.45) is 1.73. The van der Waals surface area contributed by atoms with Gasteiger partial charge in [-0.3, -0.25) is 9.79 Å². The van der Waals surface area contributed by atoms with Crippen molar-refractivity contribution in [1.29, 1.82) is 0 Å². The number of para-hydroxylation sites is 2. The Kier molecular flexibility index (Phi) is 8.08. The molecule has 5 aromatic rings. The maximum atomic E-state index is 13.9. The van der Waals surface area contributed by atoms with Crippen molar-refractivity contribution in [3.05, 3.63) is 149 Å². The lowest BCUT2D eigenvalue weighted by atomic mass is 9.80. The monoisotopic (exact) mass is 594 g/mol. The topological polar surface area (TPSA) is 107 Å². The Balaban J connectivity index is 1.42. The Morgan fingerprint density at radius 3 is 1.69 bits per heavy atom. The van der Waals surface area contributed by atoms with E-state index in [1.807, 2.05) is 85.8 Å². The lowest BCUT2D eigenvalue weighted by Crippen LogP contribution is -2.24. The summed E-state index contributed by atoms with van der Waals surface area (Å²) in [5.74, 6) is -3.16. The molecule has 0 aromatic heterocycles. The summed E-state index contributed by atoms with van der Waals surface area (Å²) in [6.45, 7) is 2.54. The molecule has 0 fully saturated rings. The van der Waals surface area contributed by atoms with Crippen LogP contribution in [-0.4, -0.2) is 40.2 Å². The molecule has 0 saturated carbocycles. The average molecular weight is 595 g/mol. The van der Waals surface area contributed by atoms with Crippen LogP contribution >= 0.6 is 0 Å². The SMILES string of the molecule is CCCCN=C1c2ccc(-c3ccc(N(c4ccccc4)c4ccccc4)cc3)cc2C(=O)c2cc(C(=O)O)c(C(=O)O)cc21. The molecular weight excluding hydrogens is 564 g/mol. The highest BCUT2D eigenvalue weighted by Gasteiger charge is 2.32. The first-order chi connectivity index (χ1) is 21.9. The maximum Gasteiger partial charge on any atom is 0.336 e. The largest absolute Gasteiger partial charge is 0.478 e. The number of hydrogen-bond donors (Lipinski definition) is 2. The van der Waals surface area contributed by atoms with Gasteiger partial charge in [0.1, 0.15) is 0 Å². The highest BCUT2D eigenvalue weighted by Crippen LogP contribution is 2.37. The Morgan fingerprint density at radius 1 is 0.622 bits per heavy atom. The van der Waals surface area contributed by atoms with Gasteiger partial charge in [0.25, 0.3) is 0 Å². The number of ketones is 1. The number of aliphatic imine (C=N–C) groups is 1. The number of carboxylic acids is 2. The summed E-state index contributed by atoms with van der Waals surface area (Å²) in [4.78, 5) is 44.7. The molecule has 45 heavy (non-hydrogen) atoms. The molecule has 0 unspecified atom stereocenters. The fourth-order valence-corrected chi connectivity index (χ4v) is 5.67. The van der Waals surface area contributed by atoms with Crippen molar-refractivity contribution in [2.45, 2.75) is 19.8 Å². The third-order valence-corrected chi connectivity index (χ3v) is 7.91. The standard InChI is InChI=1S/C38H30N2O5/c1-2-3-20-39-35-29-19-16-25(21-31(29)36(41)32-23-34(38(44)45)33(37(42)43)22-30(32)35)24-14-17-28(18-15-24)40(26-10-6-4-7-11-26)27-12-8-5-9-13-27/h4-19,21-23H,2-3,20H2,1H3,(H,42,43)(H,44,45).